The highest BCUT2D eigenvalue weighted by atomic mass is 16.5. The van der Waals surface area contributed by atoms with E-state index in [0.29, 0.717) is 49.7 Å². The largest absolute Gasteiger partial charge is 0.378 e. The van der Waals surface area contributed by atoms with E-state index in [1.165, 1.54) is 0 Å². The molecule has 0 atom stereocenters. The standard InChI is InChI=1S/C18H20N8O2/c1-12-6-7-26(24-12)18-22-15(13-2-4-14(5-3-13)20-16(19)27)21-17(23-18)25-8-10-28-11-9-25/h2-7H,8-11H2,1H3,(H3,19,20,27). The fourth-order valence-electron chi connectivity index (χ4n) is 2.86. The van der Waals surface area contributed by atoms with Crippen LogP contribution in [-0.4, -0.2) is 57.1 Å². The second-order valence-electron chi connectivity index (χ2n) is 6.33. The van der Waals surface area contributed by atoms with Crippen molar-refractivity contribution in [2.45, 2.75) is 6.92 Å². The Bertz CT molecular complexity index is 980. The molecule has 3 heterocycles. The average molecular weight is 380 g/mol. The molecule has 1 fully saturated rings. The van der Waals surface area contributed by atoms with E-state index in [0.717, 1.165) is 11.3 Å². The summed E-state index contributed by atoms with van der Waals surface area (Å²) in [6.07, 6.45) is 1.82. The van der Waals surface area contributed by atoms with Crippen molar-refractivity contribution in [3.63, 3.8) is 0 Å². The zero-order valence-corrected chi connectivity index (χ0v) is 15.4. The summed E-state index contributed by atoms with van der Waals surface area (Å²) in [5.74, 6) is 1.54. The number of rotatable bonds is 4. The quantitative estimate of drug-likeness (QED) is 0.700. The number of amides is 2. The maximum atomic E-state index is 11.0. The van der Waals surface area contributed by atoms with Gasteiger partial charge < -0.3 is 20.7 Å². The molecule has 0 saturated carbocycles. The first-order chi connectivity index (χ1) is 13.6. The highest BCUT2D eigenvalue weighted by Gasteiger charge is 2.18. The zero-order chi connectivity index (χ0) is 19.5. The third-order valence-electron chi connectivity index (χ3n) is 4.24. The van der Waals surface area contributed by atoms with Crippen molar-refractivity contribution in [3.8, 4) is 17.3 Å². The Hall–Kier alpha value is -3.53. The van der Waals surface area contributed by atoms with Crippen LogP contribution in [0.1, 0.15) is 5.69 Å². The molecule has 4 rings (SSSR count). The number of nitrogens with zero attached hydrogens (tertiary/aromatic N) is 6. The lowest BCUT2D eigenvalue weighted by Crippen LogP contribution is -2.37. The van der Waals surface area contributed by atoms with Crippen LogP contribution in [0.3, 0.4) is 0 Å². The van der Waals surface area contributed by atoms with Gasteiger partial charge in [0.15, 0.2) is 5.82 Å². The van der Waals surface area contributed by atoms with Crippen LogP contribution >= 0.6 is 0 Å². The van der Waals surface area contributed by atoms with Gasteiger partial charge in [-0.1, -0.05) is 0 Å². The third-order valence-corrected chi connectivity index (χ3v) is 4.24. The number of nitrogens with one attached hydrogen (secondary N) is 1. The fraction of sp³-hybridized carbons (Fsp3) is 0.278. The van der Waals surface area contributed by atoms with Gasteiger partial charge in [0.1, 0.15) is 0 Å². The summed E-state index contributed by atoms with van der Waals surface area (Å²) in [5.41, 5.74) is 7.41. The molecule has 3 N–H and O–H groups in total. The van der Waals surface area contributed by atoms with Gasteiger partial charge in [0.05, 0.1) is 18.9 Å². The van der Waals surface area contributed by atoms with Crippen molar-refractivity contribution in [1.82, 2.24) is 24.7 Å². The summed E-state index contributed by atoms with van der Waals surface area (Å²) in [4.78, 5) is 26.9. The SMILES string of the molecule is Cc1ccn(-c2nc(-c3ccc(NC(N)=O)cc3)nc(N3CCOCC3)n2)n1. The van der Waals surface area contributed by atoms with Crippen molar-refractivity contribution in [2.75, 3.05) is 36.5 Å². The average Bonchev–Trinajstić information content (AvgIpc) is 3.15. The molecule has 1 saturated heterocycles. The number of hydrogen-bond acceptors (Lipinski definition) is 7. The first-order valence-corrected chi connectivity index (χ1v) is 8.87. The molecule has 10 heteroatoms. The Kier molecular flexibility index (Phi) is 4.85. The predicted octanol–water partition coefficient (Wildman–Crippen LogP) is 1.36. The molecule has 2 amide bonds. The molecule has 0 aliphatic carbocycles. The molecule has 3 aromatic rings. The third kappa shape index (κ3) is 3.91. The number of nitrogens with two attached hydrogens (primary N) is 1. The van der Waals surface area contributed by atoms with E-state index in [1.54, 1.807) is 16.8 Å². The minimum Gasteiger partial charge on any atom is -0.378 e. The molecule has 2 aromatic heterocycles. The van der Waals surface area contributed by atoms with Crippen LogP contribution in [0.4, 0.5) is 16.4 Å². The summed E-state index contributed by atoms with van der Waals surface area (Å²) >= 11 is 0. The minimum atomic E-state index is -0.612. The number of aromatic nitrogens is 5. The van der Waals surface area contributed by atoms with E-state index in [4.69, 9.17) is 10.5 Å². The van der Waals surface area contributed by atoms with Crippen molar-refractivity contribution < 1.29 is 9.53 Å². The molecule has 10 nitrogen and oxygen atoms in total. The fourth-order valence-corrected chi connectivity index (χ4v) is 2.86. The molecular formula is C18H20N8O2. The normalized spacial score (nSPS) is 14.1. The van der Waals surface area contributed by atoms with Gasteiger partial charge in [0.2, 0.25) is 5.95 Å². The van der Waals surface area contributed by atoms with Crippen LogP contribution in [0.25, 0.3) is 17.3 Å². The van der Waals surface area contributed by atoms with Crippen LogP contribution in [0.2, 0.25) is 0 Å². The number of carbonyl (C=O) groups is 1. The summed E-state index contributed by atoms with van der Waals surface area (Å²) in [7, 11) is 0. The maximum absolute atomic E-state index is 11.0. The molecule has 0 bridgehead atoms. The molecular weight excluding hydrogens is 360 g/mol. The summed E-state index contributed by atoms with van der Waals surface area (Å²) < 4.78 is 7.06. The van der Waals surface area contributed by atoms with E-state index in [9.17, 15) is 4.79 Å². The van der Waals surface area contributed by atoms with E-state index < -0.39 is 6.03 Å². The monoisotopic (exact) mass is 380 g/mol. The highest BCUT2D eigenvalue weighted by Crippen LogP contribution is 2.22. The van der Waals surface area contributed by atoms with E-state index in [-0.39, 0.29) is 0 Å². The topological polar surface area (TPSA) is 124 Å². The number of aryl methyl sites for hydroxylation is 1. The summed E-state index contributed by atoms with van der Waals surface area (Å²) in [6, 6.07) is 8.41. The van der Waals surface area contributed by atoms with Crippen LogP contribution in [-0.2, 0) is 4.74 Å². The lowest BCUT2D eigenvalue weighted by Gasteiger charge is -2.27. The van der Waals surface area contributed by atoms with Gasteiger partial charge in [-0.3, -0.25) is 0 Å². The Morgan fingerprint density at radius 2 is 1.79 bits per heavy atom. The Morgan fingerprint density at radius 3 is 2.43 bits per heavy atom. The summed E-state index contributed by atoms with van der Waals surface area (Å²) in [5, 5.41) is 6.94. The van der Waals surface area contributed by atoms with Gasteiger partial charge in [0.25, 0.3) is 5.95 Å². The van der Waals surface area contributed by atoms with Crippen molar-refractivity contribution >= 4 is 17.7 Å². The van der Waals surface area contributed by atoms with Gasteiger partial charge in [-0.05, 0) is 37.3 Å². The molecule has 0 unspecified atom stereocenters. The second kappa shape index (κ2) is 7.61. The van der Waals surface area contributed by atoms with Crippen LogP contribution in [0, 0.1) is 6.92 Å². The maximum Gasteiger partial charge on any atom is 0.316 e. The minimum absolute atomic E-state index is 0.443. The molecule has 1 aromatic carbocycles. The van der Waals surface area contributed by atoms with Gasteiger partial charge in [0, 0.05) is 30.5 Å². The van der Waals surface area contributed by atoms with Gasteiger partial charge >= 0.3 is 6.03 Å². The number of morpholine rings is 1. The highest BCUT2D eigenvalue weighted by molar-refractivity contribution is 5.88. The lowest BCUT2D eigenvalue weighted by molar-refractivity contribution is 0.122. The van der Waals surface area contributed by atoms with Crippen molar-refractivity contribution in [1.29, 1.82) is 0 Å². The number of carbonyl (C=O) groups excluding carboxylic acids is 1. The molecule has 28 heavy (non-hydrogen) atoms. The van der Waals surface area contributed by atoms with Gasteiger partial charge in [-0.15, -0.1) is 0 Å². The Labute approximate surface area is 161 Å². The predicted molar refractivity (Wildman–Crippen MR) is 103 cm³/mol. The number of urea groups is 1. The van der Waals surface area contributed by atoms with Gasteiger partial charge in [-0.25, -0.2) is 9.48 Å². The number of primary amides is 1. The molecule has 1 aliphatic rings. The molecule has 144 valence electrons. The lowest BCUT2D eigenvalue weighted by atomic mass is 10.2. The van der Waals surface area contributed by atoms with Crippen molar-refractivity contribution in [3.05, 3.63) is 42.2 Å². The van der Waals surface area contributed by atoms with E-state index in [1.807, 2.05) is 31.3 Å². The van der Waals surface area contributed by atoms with E-state index in [2.05, 4.69) is 30.3 Å². The Morgan fingerprint density at radius 1 is 1.07 bits per heavy atom. The number of anilines is 2. The van der Waals surface area contributed by atoms with Crippen LogP contribution < -0.4 is 16.0 Å². The van der Waals surface area contributed by atoms with Crippen LogP contribution in [0.15, 0.2) is 36.5 Å². The van der Waals surface area contributed by atoms with Crippen LogP contribution in [0.5, 0.6) is 0 Å². The molecule has 1 aliphatic heterocycles. The number of hydrogen-bond donors (Lipinski definition) is 2. The first-order valence-electron chi connectivity index (χ1n) is 8.87. The first kappa shape index (κ1) is 17.9. The molecule has 0 spiro atoms. The summed E-state index contributed by atoms with van der Waals surface area (Å²) in [6.45, 7) is 4.59. The number of ether oxygens (including phenoxy) is 1. The number of benzene rings is 1. The second-order valence-corrected chi connectivity index (χ2v) is 6.33. The smallest absolute Gasteiger partial charge is 0.316 e. The van der Waals surface area contributed by atoms with Crippen molar-refractivity contribution in [2.24, 2.45) is 5.73 Å². The van der Waals surface area contributed by atoms with Gasteiger partial charge in [-0.2, -0.15) is 20.1 Å². The Balaban J connectivity index is 1.73. The zero-order valence-electron chi connectivity index (χ0n) is 15.4. The van der Waals surface area contributed by atoms with E-state index >= 15 is 0 Å². The molecule has 0 radical (unpaired) electrons.